The summed E-state index contributed by atoms with van der Waals surface area (Å²) in [7, 11) is 0. The van der Waals surface area contributed by atoms with Gasteiger partial charge in [-0.05, 0) is 35.2 Å². The summed E-state index contributed by atoms with van der Waals surface area (Å²) in [5.41, 5.74) is 0. The number of hydrogen-bond donors (Lipinski definition) is 0. The Hall–Kier alpha value is -0.750. The molecular weight excluding hydrogens is 250 g/mol. The molecule has 0 amide bonds. The van der Waals surface area contributed by atoms with Crippen molar-refractivity contribution in [3.8, 4) is 0 Å². The van der Waals surface area contributed by atoms with Crippen molar-refractivity contribution in [3.63, 3.8) is 0 Å². The monoisotopic (exact) mass is 259 g/mol. The maximum absolute atomic E-state index is 10.7. The zero-order valence-electron chi connectivity index (χ0n) is 7.52. The smallest absolute Gasteiger partial charge is 0.218 e. The third-order valence-electron chi connectivity index (χ3n) is 2.17. The summed E-state index contributed by atoms with van der Waals surface area (Å²) < 4.78 is 7.46. The Balaban J connectivity index is 2.24. The summed E-state index contributed by atoms with van der Waals surface area (Å²) >= 11 is 3.13. The maximum atomic E-state index is 10.7. The average Bonchev–Trinajstić information content (AvgIpc) is 2.61. The van der Waals surface area contributed by atoms with Gasteiger partial charge in [-0.2, -0.15) is 4.98 Å². The van der Waals surface area contributed by atoms with Gasteiger partial charge in [0, 0.05) is 6.61 Å². The summed E-state index contributed by atoms with van der Waals surface area (Å²) in [6, 6.07) is 0. The van der Waals surface area contributed by atoms with E-state index < -0.39 is 0 Å². The second kappa shape index (κ2) is 4.18. The molecule has 1 aliphatic heterocycles. The molecule has 0 aliphatic carbocycles. The number of halogens is 1. The molecule has 1 aliphatic rings. The number of hydrogen-bond acceptors (Lipinski definition) is 4. The van der Waals surface area contributed by atoms with Crippen molar-refractivity contribution in [2.24, 2.45) is 0 Å². The predicted molar refractivity (Wildman–Crippen MR) is 51.9 cm³/mol. The van der Waals surface area contributed by atoms with Gasteiger partial charge in [-0.15, -0.1) is 5.10 Å². The van der Waals surface area contributed by atoms with Crippen LogP contribution in [-0.4, -0.2) is 27.7 Å². The molecule has 1 aromatic heterocycles. The minimum absolute atomic E-state index is 0.136. The van der Waals surface area contributed by atoms with Crippen molar-refractivity contribution in [3.05, 3.63) is 10.6 Å². The molecular formula is C8H10BrN3O2. The minimum Gasteiger partial charge on any atom is -0.356 e. The fraction of sp³-hybridized carbons (Fsp3) is 0.625. The zero-order chi connectivity index (χ0) is 9.97. The standard InChI is InChI=1S/C8H10BrN3O2/c9-8-10-6(5-13)12(11-8)7-3-1-2-4-14-7/h5,7H,1-4H2. The molecule has 1 fully saturated rings. The summed E-state index contributed by atoms with van der Waals surface area (Å²) in [4.78, 5) is 14.6. The molecule has 6 heteroatoms. The molecule has 0 spiro atoms. The van der Waals surface area contributed by atoms with Crippen LogP contribution in [0.1, 0.15) is 36.1 Å². The van der Waals surface area contributed by atoms with E-state index in [4.69, 9.17) is 4.74 Å². The summed E-state index contributed by atoms with van der Waals surface area (Å²) in [6.45, 7) is 0.723. The SMILES string of the molecule is O=Cc1nc(Br)nn1C1CCCCO1. The zero-order valence-corrected chi connectivity index (χ0v) is 9.11. The van der Waals surface area contributed by atoms with E-state index in [9.17, 15) is 4.79 Å². The number of aldehydes is 1. The Bertz CT molecular complexity index is 333. The van der Waals surface area contributed by atoms with Crippen LogP contribution in [0.4, 0.5) is 0 Å². The highest BCUT2D eigenvalue weighted by molar-refractivity contribution is 9.10. The Kier molecular flexibility index (Phi) is 2.93. The van der Waals surface area contributed by atoms with Gasteiger partial charge in [0.15, 0.2) is 18.3 Å². The van der Waals surface area contributed by atoms with Crippen molar-refractivity contribution in [2.45, 2.75) is 25.5 Å². The molecule has 0 N–H and O–H groups in total. The summed E-state index contributed by atoms with van der Waals surface area (Å²) in [6.07, 6.45) is 3.61. The molecule has 1 unspecified atom stereocenters. The third-order valence-corrected chi connectivity index (χ3v) is 2.50. The van der Waals surface area contributed by atoms with E-state index in [1.54, 1.807) is 0 Å². The van der Waals surface area contributed by atoms with Crippen molar-refractivity contribution in [2.75, 3.05) is 6.61 Å². The Labute approximate surface area is 89.6 Å². The fourth-order valence-corrected chi connectivity index (χ4v) is 1.87. The number of ether oxygens (including phenoxy) is 1. The quantitative estimate of drug-likeness (QED) is 0.757. The fourth-order valence-electron chi connectivity index (χ4n) is 1.52. The van der Waals surface area contributed by atoms with Gasteiger partial charge in [0.25, 0.3) is 0 Å². The Morgan fingerprint density at radius 1 is 1.57 bits per heavy atom. The second-order valence-corrected chi connectivity index (χ2v) is 3.83. The molecule has 2 rings (SSSR count). The highest BCUT2D eigenvalue weighted by Gasteiger charge is 2.20. The molecule has 0 saturated carbocycles. The van der Waals surface area contributed by atoms with Crippen LogP contribution in [0, 0.1) is 0 Å². The van der Waals surface area contributed by atoms with Crippen LogP contribution in [-0.2, 0) is 4.74 Å². The first-order valence-corrected chi connectivity index (χ1v) is 5.29. The van der Waals surface area contributed by atoms with Crippen LogP contribution < -0.4 is 0 Å². The highest BCUT2D eigenvalue weighted by atomic mass is 79.9. The summed E-state index contributed by atoms with van der Waals surface area (Å²) in [5.74, 6) is 0.309. The number of carbonyl (C=O) groups is 1. The van der Waals surface area contributed by atoms with Crippen molar-refractivity contribution in [1.82, 2.24) is 14.8 Å². The second-order valence-electron chi connectivity index (χ2n) is 3.12. The first-order valence-electron chi connectivity index (χ1n) is 4.50. The molecule has 1 aromatic rings. The predicted octanol–water partition coefficient (Wildman–Crippen LogP) is 1.55. The highest BCUT2D eigenvalue weighted by Crippen LogP contribution is 2.23. The van der Waals surface area contributed by atoms with E-state index in [1.165, 1.54) is 4.68 Å². The number of carbonyl (C=O) groups excluding carboxylic acids is 1. The normalized spacial score (nSPS) is 22.2. The van der Waals surface area contributed by atoms with Crippen LogP contribution in [0.3, 0.4) is 0 Å². The van der Waals surface area contributed by atoms with Crippen LogP contribution in [0.5, 0.6) is 0 Å². The number of rotatable bonds is 2. The summed E-state index contributed by atoms with van der Waals surface area (Å²) in [5, 5.41) is 4.07. The molecule has 1 saturated heterocycles. The number of nitrogens with zero attached hydrogens (tertiary/aromatic N) is 3. The average molecular weight is 260 g/mol. The van der Waals surface area contributed by atoms with Crippen LogP contribution >= 0.6 is 15.9 Å². The number of aromatic nitrogens is 3. The lowest BCUT2D eigenvalue weighted by molar-refractivity contribution is -0.0406. The van der Waals surface area contributed by atoms with Crippen molar-refractivity contribution < 1.29 is 9.53 Å². The first-order chi connectivity index (χ1) is 6.81. The molecule has 1 atom stereocenters. The Morgan fingerprint density at radius 3 is 3.07 bits per heavy atom. The van der Waals surface area contributed by atoms with E-state index in [1.807, 2.05) is 0 Å². The lowest BCUT2D eigenvalue weighted by Gasteiger charge is -2.22. The van der Waals surface area contributed by atoms with Crippen molar-refractivity contribution in [1.29, 1.82) is 0 Å². The molecule has 5 nitrogen and oxygen atoms in total. The molecule has 76 valence electrons. The molecule has 14 heavy (non-hydrogen) atoms. The van der Waals surface area contributed by atoms with E-state index in [0.29, 0.717) is 16.8 Å². The minimum atomic E-state index is -0.136. The van der Waals surface area contributed by atoms with E-state index in [2.05, 4.69) is 26.0 Å². The van der Waals surface area contributed by atoms with Gasteiger partial charge in [-0.1, -0.05) is 0 Å². The molecule has 0 radical (unpaired) electrons. The largest absolute Gasteiger partial charge is 0.356 e. The first kappa shape index (κ1) is 9.79. The Morgan fingerprint density at radius 2 is 2.43 bits per heavy atom. The molecule has 2 heterocycles. The topological polar surface area (TPSA) is 57.0 Å². The van der Waals surface area contributed by atoms with Gasteiger partial charge in [0.05, 0.1) is 0 Å². The van der Waals surface area contributed by atoms with Gasteiger partial charge >= 0.3 is 0 Å². The molecule has 0 bridgehead atoms. The third kappa shape index (κ3) is 1.85. The van der Waals surface area contributed by atoms with Gasteiger partial charge in [0.1, 0.15) is 0 Å². The van der Waals surface area contributed by atoms with Crippen LogP contribution in [0.2, 0.25) is 0 Å². The lowest BCUT2D eigenvalue weighted by Crippen LogP contribution is -2.21. The van der Waals surface area contributed by atoms with Gasteiger partial charge in [-0.25, -0.2) is 4.68 Å². The van der Waals surface area contributed by atoms with E-state index >= 15 is 0 Å². The van der Waals surface area contributed by atoms with Crippen LogP contribution in [0.15, 0.2) is 4.73 Å². The maximum Gasteiger partial charge on any atom is 0.218 e. The van der Waals surface area contributed by atoms with Gasteiger partial charge in [0.2, 0.25) is 4.73 Å². The lowest BCUT2D eigenvalue weighted by atomic mass is 10.2. The van der Waals surface area contributed by atoms with Gasteiger partial charge < -0.3 is 4.74 Å². The van der Waals surface area contributed by atoms with E-state index in [0.717, 1.165) is 25.9 Å². The molecule has 0 aromatic carbocycles. The van der Waals surface area contributed by atoms with Crippen molar-refractivity contribution >= 4 is 22.2 Å². The van der Waals surface area contributed by atoms with Crippen LogP contribution in [0.25, 0.3) is 0 Å². The van der Waals surface area contributed by atoms with E-state index in [-0.39, 0.29) is 6.23 Å². The van der Waals surface area contributed by atoms with Gasteiger partial charge in [-0.3, -0.25) is 4.79 Å².